The average Bonchev–Trinajstić information content (AvgIpc) is 3.01. The molecule has 1 N–H and O–H groups in total. The average molecular weight is 451 g/mol. The minimum atomic E-state index is -4.09. The van der Waals surface area contributed by atoms with E-state index in [1.54, 1.807) is 30.3 Å². The monoisotopic (exact) mass is 450 g/mol. The third-order valence-corrected chi connectivity index (χ3v) is 7.20. The summed E-state index contributed by atoms with van der Waals surface area (Å²) in [6.45, 7) is 3.72. The second-order valence-corrected chi connectivity index (χ2v) is 9.18. The van der Waals surface area contributed by atoms with Crippen LogP contribution in [-0.4, -0.2) is 30.6 Å². The Kier molecular flexibility index (Phi) is 5.39. The maximum absolute atomic E-state index is 12.9. The molecule has 27 heavy (non-hydrogen) atoms. The first-order valence-corrected chi connectivity index (χ1v) is 10.6. The molecule has 2 aromatic rings. The number of halogens is 1. The van der Waals surface area contributed by atoms with Crippen molar-refractivity contribution in [3.05, 3.63) is 58.1 Å². The number of anilines is 1. The van der Waals surface area contributed by atoms with Gasteiger partial charge in [-0.3, -0.25) is 9.59 Å². The van der Waals surface area contributed by atoms with Crippen LogP contribution in [0.4, 0.5) is 5.69 Å². The lowest BCUT2D eigenvalue weighted by atomic mass is 10.2. The van der Waals surface area contributed by atoms with E-state index in [-0.39, 0.29) is 17.7 Å². The summed E-state index contributed by atoms with van der Waals surface area (Å²) in [6, 6.07) is 10.4. The first-order chi connectivity index (χ1) is 12.7. The van der Waals surface area contributed by atoms with Crippen molar-refractivity contribution in [3.63, 3.8) is 0 Å². The van der Waals surface area contributed by atoms with Gasteiger partial charge in [0.15, 0.2) is 0 Å². The predicted octanol–water partition coefficient (Wildman–Crippen LogP) is 3.38. The third kappa shape index (κ3) is 3.91. The lowest BCUT2D eigenvalue weighted by Crippen LogP contribution is -2.45. The molecule has 0 saturated carbocycles. The lowest BCUT2D eigenvalue weighted by Gasteiger charge is -2.24. The van der Waals surface area contributed by atoms with Gasteiger partial charge >= 0.3 is 0 Å². The zero-order valence-electron chi connectivity index (χ0n) is 14.9. The first-order valence-electron chi connectivity index (χ1n) is 8.41. The Balaban J connectivity index is 1.88. The number of carbonyl (C=O) groups is 2. The molecular formula is C19H19BrN2O4S. The Bertz CT molecular complexity index is 1000. The molecule has 0 aromatic heterocycles. The number of aryl methyl sites for hydroxylation is 2. The lowest BCUT2D eigenvalue weighted by molar-refractivity contribution is -0.128. The molecular weight excluding hydrogens is 432 g/mol. The molecule has 3 rings (SSSR count). The molecule has 0 bridgehead atoms. The van der Waals surface area contributed by atoms with Gasteiger partial charge in [0.05, 0.1) is 4.90 Å². The molecule has 1 saturated heterocycles. The van der Waals surface area contributed by atoms with Crippen LogP contribution < -0.4 is 5.32 Å². The zero-order valence-corrected chi connectivity index (χ0v) is 17.3. The van der Waals surface area contributed by atoms with Crippen molar-refractivity contribution in [1.29, 1.82) is 0 Å². The summed E-state index contributed by atoms with van der Waals surface area (Å²) in [5.74, 6) is -1.08. The molecule has 142 valence electrons. The molecule has 1 aliphatic rings. The van der Waals surface area contributed by atoms with Gasteiger partial charge in [-0.25, -0.2) is 12.7 Å². The summed E-state index contributed by atoms with van der Waals surface area (Å²) in [6.07, 6.45) is 0.174. The summed E-state index contributed by atoms with van der Waals surface area (Å²) < 4.78 is 27.5. The first kappa shape index (κ1) is 19.6. The van der Waals surface area contributed by atoms with Crippen LogP contribution in [0.25, 0.3) is 0 Å². The standard InChI is InChI=1S/C19H19BrN2O4S/c1-12-3-6-15(7-4-12)27(25,26)22-17(9-10-18(22)23)19(24)21-14-5-8-16(20)13(2)11-14/h3-8,11,17H,9-10H2,1-2H3,(H,21,24)/t17-/m0/s1. The number of hydrogen-bond donors (Lipinski definition) is 1. The SMILES string of the molecule is Cc1ccc(S(=O)(=O)N2C(=O)CC[C@H]2C(=O)Nc2ccc(Br)c(C)c2)cc1. The molecule has 1 heterocycles. The fourth-order valence-corrected chi connectivity index (χ4v) is 4.82. The highest BCUT2D eigenvalue weighted by molar-refractivity contribution is 9.10. The van der Waals surface area contributed by atoms with E-state index in [0.29, 0.717) is 5.69 Å². The van der Waals surface area contributed by atoms with Gasteiger partial charge in [-0.1, -0.05) is 33.6 Å². The van der Waals surface area contributed by atoms with Crippen LogP contribution in [0.5, 0.6) is 0 Å². The smallest absolute Gasteiger partial charge is 0.267 e. The molecule has 2 aromatic carbocycles. The van der Waals surface area contributed by atoms with E-state index >= 15 is 0 Å². The summed E-state index contributed by atoms with van der Waals surface area (Å²) in [4.78, 5) is 25.0. The summed E-state index contributed by atoms with van der Waals surface area (Å²) >= 11 is 3.39. The van der Waals surface area contributed by atoms with Crippen molar-refractivity contribution >= 4 is 43.5 Å². The van der Waals surface area contributed by atoms with Gasteiger partial charge in [0.25, 0.3) is 10.0 Å². The van der Waals surface area contributed by atoms with Gasteiger partial charge in [0.1, 0.15) is 6.04 Å². The minimum absolute atomic E-state index is 0.000589. The molecule has 2 amide bonds. The van der Waals surface area contributed by atoms with E-state index in [1.165, 1.54) is 12.1 Å². The van der Waals surface area contributed by atoms with Gasteiger partial charge in [0, 0.05) is 16.6 Å². The van der Waals surface area contributed by atoms with E-state index in [2.05, 4.69) is 21.2 Å². The van der Waals surface area contributed by atoms with Gasteiger partial charge < -0.3 is 5.32 Å². The number of nitrogens with zero attached hydrogens (tertiary/aromatic N) is 1. The van der Waals surface area contributed by atoms with Gasteiger partial charge in [-0.05, 0) is 56.2 Å². The number of hydrogen-bond acceptors (Lipinski definition) is 4. The van der Waals surface area contributed by atoms with Crippen LogP contribution in [0.2, 0.25) is 0 Å². The highest BCUT2D eigenvalue weighted by Gasteiger charge is 2.44. The Morgan fingerprint density at radius 2 is 1.81 bits per heavy atom. The minimum Gasteiger partial charge on any atom is -0.324 e. The van der Waals surface area contributed by atoms with Crippen LogP contribution in [0.15, 0.2) is 51.8 Å². The van der Waals surface area contributed by atoms with Crippen molar-refractivity contribution in [1.82, 2.24) is 4.31 Å². The molecule has 8 heteroatoms. The molecule has 0 unspecified atom stereocenters. The fourth-order valence-electron chi connectivity index (χ4n) is 2.97. The maximum atomic E-state index is 12.9. The zero-order chi connectivity index (χ0) is 19.8. The van der Waals surface area contributed by atoms with Crippen LogP contribution in [-0.2, 0) is 19.6 Å². The second kappa shape index (κ2) is 7.44. The van der Waals surface area contributed by atoms with E-state index in [9.17, 15) is 18.0 Å². The largest absolute Gasteiger partial charge is 0.324 e. The van der Waals surface area contributed by atoms with Crippen molar-refractivity contribution < 1.29 is 18.0 Å². The van der Waals surface area contributed by atoms with Crippen LogP contribution >= 0.6 is 15.9 Å². The quantitative estimate of drug-likeness (QED) is 0.773. The van der Waals surface area contributed by atoms with Gasteiger partial charge in [-0.15, -0.1) is 0 Å². The van der Waals surface area contributed by atoms with Crippen molar-refractivity contribution in [3.8, 4) is 0 Å². The molecule has 0 spiro atoms. The van der Waals surface area contributed by atoms with Gasteiger partial charge in [-0.2, -0.15) is 0 Å². The van der Waals surface area contributed by atoms with E-state index in [1.807, 2.05) is 13.8 Å². The number of sulfonamides is 1. The Hall–Kier alpha value is -2.19. The third-order valence-electron chi connectivity index (χ3n) is 4.47. The summed E-state index contributed by atoms with van der Waals surface area (Å²) in [7, 11) is -4.09. The van der Waals surface area contributed by atoms with Crippen LogP contribution in [0.1, 0.15) is 24.0 Å². The van der Waals surface area contributed by atoms with Crippen molar-refractivity contribution in [2.45, 2.75) is 37.6 Å². The topological polar surface area (TPSA) is 83.6 Å². The fraction of sp³-hybridized carbons (Fsp3) is 0.263. The predicted molar refractivity (Wildman–Crippen MR) is 106 cm³/mol. The van der Waals surface area contributed by atoms with E-state index in [4.69, 9.17) is 0 Å². The number of carbonyl (C=O) groups excluding carboxylic acids is 2. The van der Waals surface area contributed by atoms with E-state index in [0.717, 1.165) is 19.9 Å². The molecule has 1 fully saturated rings. The summed E-state index contributed by atoms with van der Waals surface area (Å²) in [5, 5.41) is 2.72. The normalized spacial score (nSPS) is 17.2. The Labute approximate surface area is 166 Å². The second-order valence-electron chi connectivity index (χ2n) is 6.52. The summed E-state index contributed by atoms with van der Waals surface area (Å²) in [5.41, 5.74) is 2.38. The maximum Gasteiger partial charge on any atom is 0.267 e. The van der Waals surface area contributed by atoms with Gasteiger partial charge in [0.2, 0.25) is 11.8 Å². The molecule has 0 aliphatic carbocycles. The van der Waals surface area contributed by atoms with Crippen LogP contribution in [0.3, 0.4) is 0 Å². The number of rotatable bonds is 4. The number of benzene rings is 2. The Morgan fingerprint density at radius 1 is 1.15 bits per heavy atom. The molecule has 1 aliphatic heterocycles. The highest BCUT2D eigenvalue weighted by atomic mass is 79.9. The number of nitrogens with one attached hydrogen (secondary N) is 1. The molecule has 1 atom stereocenters. The van der Waals surface area contributed by atoms with Crippen LogP contribution in [0, 0.1) is 13.8 Å². The number of amides is 2. The highest BCUT2D eigenvalue weighted by Crippen LogP contribution is 2.29. The molecule has 6 nitrogen and oxygen atoms in total. The Morgan fingerprint density at radius 3 is 2.44 bits per heavy atom. The molecule has 0 radical (unpaired) electrons. The van der Waals surface area contributed by atoms with E-state index < -0.39 is 27.9 Å². The van der Waals surface area contributed by atoms with Crippen molar-refractivity contribution in [2.75, 3.05) is 5.32 Å². The van der Waals surface area contributed by atoms with Crippen molar-refractivity contribution in [2.24, 2.45) is 0 Å².